The highest BCUT2D eigenvalue weighted by Gasteiger charge is 2.70. The van der Waals surface area contributed by atoms with E-state index < -0.39 is 0 Å². The van der Waals surface area contributed by atoms with Crippen LogP contribution in [0.2, 0.25) is 0 Å². The first kappa shape index (κ1) is 29.7. The molecule has 0 bridgehead atoms. The molecule has 220 valence electrons. The van der Waals surface area contributed by atoms with E-state index in [-0.39, 0.29) is 44.4 Å². The number of ketones is 1. The summed E-state index contributed by atoms with van der Waals surface area (Å²) in [5.74, 6) is 2.90. The molecule has 5 rings (SSSR count). The molecule has 0 aromatic heterocycles. The fourth-order valence-electron chi connectivity index (χ4n) is 11.6. The SMILES string of the molecule is COC(=O)[C@]12CCC(C)(C)C[C@H]1C1=CC[C@@H]3[C@@]4(C)[C@@H](CCCCCl)CC(=O)C(C)(C)[C@@H]4CC[C@@]3(C)[C@]1(C)CC2. The van der Waals surface area contributed by atoms with Crippen molar-refractivity contribution in [3.05, 3.63) is 11.6 Å². The third-order valence-corrected chi connectivity index (χ3v) is 14.5. The van der Waals surface area contributed by atoms with Crippen LogP contribution in [-0.2, 0) is 14.3 Å². The molecule has 8 atom stereocenters. The predicted octanol–water partition coefficient (Wildman–Crippen LogP) is 9.17. The van der Waals surface area contributed by atoms with Crippen molar-refractivity contribution < 1.29 is 14.3 Å². The van der Waals surface area contributed by atoms with Crippen LogP contribution in [0.1, 0.15) is 126 Å². The van der Waals surface area contributed by atoms with E-state index >= 15 is 0 Å². The zero-order chi connectivity index (χ0) is 28.6. The Kier molecular flexibility index (Phi) is 7.30. The summed E-state index contributed by atoms with van der Waals surface area (Å²) in [6, 6.07) is 0. The van der Waals surface area contributed by atoms with E-state index in [1.165, 1.54) is 6.42 Å². The van der Waals surface area contributed by atoms with Crippen LogP contribution in [0.5, 0.6) is 0 Å². The van der Waals surface area contributed by atoms with Crippen molar-refractivity contribution in [2.45, 2.75) is 126 Å². The zero-order valence-corrected chi connectivity index (χ0v) is 26.9. The smallest absolute Gasteiger partial charge is 0.312 e. The lowest BCUT2D eigenvalue weighted by atomic mass is 9.32. The molecule has 0 amide bonds. The maximum Gasteiger partial charge on any atom is 0.312 e. The van der Waals surface area contributed by atoms with E-state index in [9.17, 15) is 9.59 Å². The predicted molar refractivity (Wildman–Crippen MR) is 160 cm³/mol. The van der Waals surface area contributed by atoms with Gasteiger partial charge in [-0.05, 0) is 110 Å². The Bertz CT molecular complexity index is 1040. The summed E-state index contributed by atoms with van der Waals surface area (Å²) in [6.07, 6.45) is 15.1. The molecular formula is C35H55ClO3. The third-order valence-electron chi connectivity index (χ3n) is 14.2. The van der Waals surface area contributed by atoms with Crippen molar-refractivity contribution in [2.24, 2.45) is 56.2 Å². The van der Waals surface area contributed by atoms with Gasteiger partial charge in [-0.25, -0.2) is 0 Å². The van der Waals surface area contributed by atoms with E-state index in [4.69, 9.17) is 16.3 Å². The molecule has 0 saturated heterocycles. The van der Waals surface area contributed by atoms with Crippen LogP contribution >= 0.6 is 11.6 Å². The highest BCUT2D eigenvalue weighted by atomic mass is 35.5. The quantitative estimate of drug-likeness (QED) is 0.146. The van der Waals surface area contributed by atoms with E-state index in [2.05, 4.69) is 54.5 Å². The van der Waals surface area contributed by atoms with E-state index in [0.717, 1.165) is 70.6 Å². The number of esters is 1. The number of Topliss-reactive ketones (excluding diaryl/α,β-unsaturated/α-hetero) is 1. The Labute approximate surface area is 243 Å². The van der Waals surface area contributed by atoms with Gasteiger partial charge in [0.05, 0.1) is 12.5 Å². The Hall–Kier alpha value is -0.830. The summed E-state index contributed by atoms with van der Waals surface area (Å²) in [6.45, 7) is 17.1. The Morgan fingerprint density at radius 3 is 2.33 bits per heavy atom. The van der Waals surface area contributed by atoms with Gasteiger partial charge in [0.25, 0.3) is 0 Å². The Morgan fingerprint density at radius 2 is 1.67 bits per heavy atom. The molecule has 3 nitrogen and oxygen atoms in total. The molecule has 4 saturated carbocycles. The fourth-order valence-corrected chi connectivity index (χ4v) is 11.8. The number of hydrogen-bond acceptors (Lipinski definition) is 3. The molecule has 0 aromatic carbocycles. The minimum atomic E-state index is -0.358. The summed E-state index contributed by atoms with van der Waals surface area (Å²) in [5.41, 5.74) is 1.57. The van der Waals surface area contributed by atoms with Crippen LogP contribution in [0.4, 0.5) is 0 Å². The van der Waals surface area contributed by atoms with Gasteiger partial charge in [-0.3, -0.25) is 9.59 Å². The van der Waals surface area contributed by atoms with Crippen LogP contribution in [0.25, 0.3) is 0 Å². The first-order valence-corrected chi connectivity index (χ1v) is 16.6. The minimum Gasteiger partial charge on any atom is -0.469 e. The number of alkyl halides is 1. The molecule has 0 radical (unpaired) electrons. The van der Waals surface area contributed by atoms with Gasteiger partial charge in [0.2, 0.25) is 0 Å². The molecule has 0 N–H and O–H groups in total. The summed E-state index contributed by atoms with van der Waals surface area (Å²) in [4.78, 5) is 27.0. The van der Waals surface area contributed by atoms with Crippen molar-refractivity contribution in [3.63, 3.8) is 0 Å². The van der Waals surface area contributed by atoms with Crippen LogP contribution in [0.3, 0.4) is 0 Å². The van der Waals surface area contributed by atoms with Gasteiger partial charge in [0.1, 0.15) is 5.78 Å². The summed E-state index contributed by atoms with van der Waals surface area (Å²) < 4.78 is 5.54. The number of ether oxygens (including phenoxy) is 1. The lowest BCUT2D eigenvalue weighted by Gasteiger charge is -2.72. The minimum absolute atomic E-state index is 0.0285. The van der Waals surface area contributed by atoms with E-state index in [0.29, 0.717) is 29.4 Å². The highest BCUT2D eigenvalue weighted by molar-refractivity contribution is 6.17. The molecule has 0 aliphatic heterocycles. The maximum atomic E-state index is 13.6. The fraction of sp³-hybridized carbons (Fsp3) is 0.886. The molecular weight excluding hydrogens is 504 g/mol. The number of fused-ring (bicyclic) bond motifs is 7. The number of carbonyl (C=O) groups excluding carboxylic acids is 2. The maximum absolute atomic E-state index is 13.6. The van der Waals surface area contributed by atoms with Crippen molar-refractivity contribution in [2.75, 3.05) is 13.0 Å². The van der Waals surface area contributed by atoms with Crippen LogP contribution in [0.15, 0.2) is 11.6 Å². The topological polar surface area (TPSA) is 43.4 Å². The number of carbonyl (C=O) groups is 2. The third kappa shape index (κ3) is 4.00. The number of allylic oxidation sites excluding steroid dienone is 2. The summed E-state index contributed by atoms with van der Waals surface area (Å²) in [7, 11) is 1.59. The number of methoxy groups -OCH3 is 1. The van der Waals surface area contributed by atoms with E-state index in [1.807, 2.05) is 0 Å². The average molecular weight is 559 g/mol. The van der Waals surface area contributed by atoms with Gasteiger partial charge < -0.3 is 4.74 Å². The van der Waals surface area contributed by atoms with Crippen molar-refractivity contribution in [1.82, 2.24) is 0 Å². The lowest BCUT2D eigenvalue weighted by Crippen LogP contribution is -2.66. The number of unbranched alkanes of at least 4 members (excludes halogenated alkanes) is 1. The molecule has 0 aromatic rings. The second-order valence-corrected chi connectivity index (χ2v) is 16.8. The van der Waals surface area contributed by atoms with Crippen LogP contribution in [-0.4, -0.2) is 24.7 Å². The van der Waals surface area contributed by atoms with Crippen molar-refractivity contribution in [1.29, 1.82) is 0 Å². The number of hydrogen-bond donors (Lipinski definition) is 0. The lowest BCUT2D eigenvalue weighted by molar-refractivity contribution is -0.205. The second-order valence-electron chi connectivity index (χ2n) is 16.5. The van der Waals surface area contributed by atoms with Gasteiger partial charge in [-0.1, -0.05) is 66.5 Å². The molecule has 39 heavy (non-hydrogen) atoms. The normalized spacial score (nSPS) is 46.2. The summed E-state index contributed by atoms with van der Waals surface area (Å²) >= 11 is 6.11. The molecule has 4 fully saturated rings. The standard InChI is InChI=1S/C35H55ClO3/c1-30(2)16-18-35(29(38)39-8)19-17-32(5)24(25(35)22-30)12-13-27-33(32,6)15-14-26-31(3,4)28(37)21-23(34(26,27)7)11-9-10-20-36/h12,23,25-27H,9-11,13-22H2,1-8H3/t23-,25-,26-,27-,32+,33+,34-,35-/m0/s1. The van der Waals surface area contributed by atoms with Crippen LogP contribution in [0, 0.1) is 56.2 Å². The van der Waals surface area contributed by atoms with Gasteiger partial charge in [0.15, 0.2) is 0 Å². The largest absolute Gasteiger partial charge is 0.469 e. The Morgan fingerprint density at radius 1 is 0.974 bits per heavy atom. The van der Waals surface area contributed by atoms with Crippen molar-refractivity contribution >= 4 is 23.4 Å². The highest BCUT2D eigenvalue weighted by Crippen LogP contribution is 2.76. The molecule has 0 heterocycles. The average Bonchev–Trinajstić information content (AvgIpc) is 2.87. The second kappa shape index (κ2) is 9.60. The summed E-state index contributed by atoms with van der Waals surface area (Å²) in [5, 5.41) is 0. The monoisotopic (exact) mass is 558 g/mol. The molecule has 4 heteroatoms. The molecule has 0 unspecified atom stereocenters. The van der Waals surface area contributed by atoms with Crippen molar-refractivity contribution in [3.8, 4) is 0 Å². The van der Waals surface area contributed by atoms with Crippen LogP contribution < -0.4 is 0 Å². The number of halogens is 1. The zero-order valence-electron chi connectivity index (χ0n) is 26.2. The first-order chi connectivity index (χ1) is 18.1. The van der Waals surface area contributed by atoms with Gasteiger partial charge in [-0.2, -0.15) is 0 Å². The van der Waals surface area contributed by atoms with Gasteiger partial charge in [0, 0.05) is 17.7 Å². The van der Waals surface area contributed by atoms with E-state index in [1.54, 1.807) is 12.7 Å². The van der Waals surface area contributed by atoms with Gasteiger partial charge in [-0.15, -0.1) is 11.6 Å². The first-order valence-electron chi connectivity index (χ1n) is 16.0. The Balaban J connectivity index is 1.60. The molecule has 5 aliphatic carbocycles. The molecule has 5 aliphatic rings. The van der Waals surface area contributed by atoms with Gasteiger partial charge >= 0.3 is 5.97 Å². The molecule has 0 spiro atoms. The number of rotatable bonds is 5.